The minimum absolute atomic E-state index is 0.0127. The number of aryl methyl sites for hydroxylation is 1. The number of nitrogens with zero attached hydrogens (tertiary/aromatic N) is 1. The molecule has 1 amide bonds. The van der Waals surface area contributed by atoms with E-state index in [0.717, 1.165) is 11.3 Å². The maximum atomic E-state index is 12.6. The standard InChI is InChI=1S/C19H27NO5/c1-13(2)19(18(22)23)9-10-20(12-19)17(21)8-5-14-11-15(24-3)6-7-16(14)25-4/h6-7,11,13H,5,8-10,12H2,1-4H3,(H,22,23). The van der Waals surface area contributed by atoms with Crippen molar-refractivity contribution in [2.24, 2.45) is 11.3 Å². The van der Waals surface area contributed by atoms with Gasteiger partial charge in [-0.1, -0.05) is 13.8 Å². The molecule has 1 saturated heterocycles. The zero-order valence-corrected chi connectivity index (χ0v) is 15.4. The topological polar surface area (TPSA) is 76.1 Å². The number of aliphatic carboxylic acids is 1. The van der Waals surface area contributed by atoms with E-state index in [4.69, 9.17) is 9.47 Å². The minimum Gasteiger partial charge on any atom is -0.497 e. The number of rotatable bonds is 7. The van der Waals surface area contributed by atoms with Gasteiger partial charge in [-0.3, -0.25) is 9.59 Å². The summed E-state index contributed by atoms with van der Waals surface area (Å²) in [6.07, 6.45) is 1.35. The van der Waals surface area contributed by atoms with Gasteiger partial charge in [0, 0.05) is 19.5 Å². The van der Waals surface area contributed by atoms with Gasteiger partial charge in [-0.05, 0) is 42.5 Å². The van der Waals surface area contributed by atoms with E-state index in [0.29, 0.717) is 31.6 Å². The molecule has 1 aromatic rings. The lowest BCUT2D eigenvalue weighted by Gasteiger charge is -2.28. The van der Waals surface area contributed by atoms with E-state index in [1.165, 1.54) is 0 Å². The number of methoxy groups -OCH3 is 2. The fraction of sp³-hybridized carbons (Fsp3) is 0.579. The van der Waals surface area contributed by atoms with Crippen LogP contribution in [0.25, 0.3) is 0 Å². The van der Waals surface area contributed by atoms with Crippen molar-refractivity contribution in [1.29, 1.82) is 0 Å². The zero-order valence-electron chi connectivity index (χ0n) is 15.4. The highest BCUT2D eigenvalue weighted by Gasteiger charge is 2.48. The molecule has 0 spiro atoms. The minimum atomic E-state index is -0.830. The summed E-state index contributed by atoms with van der Waals surface area (Å²) in [5.74, 6) is 0.591. The Balaban J connectivity index is 2.03. The van der Waals surface area contributed by atoms with Crippen LogP contribution in [0.4, 0.5) is 0 Å². The summed E-state index contributed by atoms with van der Waals surface area (Å²) in [6, 6.07) is 5.50. The first-order chi connectivity index (χ1) is 11.8. The van der Waals surface area contributed by atoms with E-state index >= 15 is 0 Å². The molecule has 1 aromatic carbocycles. The van der Waals surface area contributed by atoms with E-state index in [1.807, 2.05) is 32.0 Å². The second kappa shape index (κ2) is 7.76. The maximum absolute atomic E-state index is 12.6. The van der Waals surface area contributed by atoms with Gasteiger partial charge in [-0.15, -0.1) is 0 Å². The van der Waals surface area contributed by atoms with Crippen molar-refractivity contribution in [1.82, 2.24) is 4.90 Å². The first kappa shape index (κ1) is 19.1. The van der Waals surface area contributed by atoms with Crippen LogP contribution in [0.15, 0.2) is 18.2 Å². The Hall–Kier alpha value is -2.24. The number of carbonyl (C=O) groups is 2. The molecule has 1 heterocycles. The maximum Gasteiger partial charge on any atom is 0.311 e. The van der Waals surface area contributed by atoms with Crippen LogP contribution < -0.4 is 9.47 Å². The third-order valence-electron chi connectivity index (χ3n) is 5.28. The van der Waals surface area contributed by atoms with E-state index in [-0.39, 0.29) is 18.4 Å². The molecule has 1 aliphatic rings. The number of carbonyl (C=O) groups excluding carboxylic acids is 1. The zero-order chi connectivity index (χ0) is 18.6. The summed E-state index contributed by atoms with van der Waals surface area (Å²) < 4.78 is 10.6. The molecule has 6 nitrogen and oxygen atoms in total. The Labute approximate surface area is 148 Å². The summed E-state index contributed by atoms with van der Waals surface area (Å²) >= 11 is 0. The Morgan fingerprint density at radius 2 is 2.00 bits per heavy atom. The molecule has 1 atom stereocenters. The van der Waals surface area contributed by atoms with E-state index < -0.39 is 11.4 Å². The first-order valence-corrected chi connectivity index (χ1v) is 8.56. The Morgan fingerprint density at radius 3 is 2.52 bits per heavy atom. The van der Waals surface area contributed by atoms with Crippen molar-refractivity contribution >= 4 is 11.9 Å². The fourth-order valence-electron chi connectivity index (χ4n) is 3.42. The van der Waals surface area contributed by atoms with Crippen LogP contribution >= 0.6 is 0 Å². The van der Waals surface area contributed by atoms with Crippen LogP contribution in [0.5, 0.6) is 11.5 Å². The average molecular weight is 349 g/mol. The molecule has 2 rings (SSSR count). The molecule has 0 radical (unpaired) electrons. The lowest BCUT2D eigenvalue weighted by molar-refractivity contribution is -0.151. The third kappa shape index (κ3) is 3.89. The van der Waals surface area contributed by atoms with Crippen LogP contribution in [-0.2, 0) is 16.0 Å². The molecule has 1 aliphatic heterocycles. The third-order valence-corrected chi connectivity index (χ3v) is 5.28. The average Bonchev–Trinajstić information content (AvgIpc) is 3.06. The highest BCUT2D eigenvalue weighted by atomic mass is 16.5. The normalized spacial score (nSPS) is 20.0. The smallest absolute Gasteiger partial charge is 0.311 e. The van der Waals surface area contributed by atoms with Gasteiger partial charge in [0.1, 0.15) is 11.5 Å². The van der Waals surface area contributed by atoms with Gasteiger partial charge in [0.15, 0.2) is 0 Å². The van der Waals surface area contributed by atoms with Crippen molar-refractivity contribution in [3.05, 3.63) is 23.8 Å². The second-order valence-corrected chi connectivity index (χ2v) is 6.86. The number of hydrogen-bond donors (Lipinski definition) is 1. The Bertz CT molecular complexity index is 643. The van der Waals surface area contributed by atoms with Crippen LogP contribution in [0.1, 0.15) is 32.3 Å². The molecule has 1 fully saturated rings. The van der Waals surface area contributed by atoms with Crippen LogP contribution in [0.2, 0.25) is 0 Å². The quantitative estimate of drug-likeness (QED) is 0.819. The lowest BCUT2D eigenvalue weighted by Crippen LogP contribution is -2.40. The molecule has 0 saturated carbocycles. The van der Waals surface area contributed by atoms with Crippen LogP contribution in [0.3, 0.4) is 0 Å². The van der Waals surface area contributed by atoms with Crippen molar-refractivity contribution < 1.29 is 24.2 Å². The summed E-state index contributed by atoms with van der Waals surface area (Å²) in [4.78, 5) is 25.9. The highest BCUT2D eigenvalue weighted by Crippen LogP contribution is 2.38. The molecule has 0 aliphatic carbocycles. The van der Waals surface area contributed by atoms with Crippen molar-refractivity contribution in [2.45, 2.75) is 33.1 Å². The molecular weight excluding hydrogens is 322 g/mol. The number of carboxylic acid groups (broad SMARTS) is 1. The van der Waals surface area contributed by atoms with Crippen molar-refractivity contribution in [2.75, 3.05) is 27.3 Å². The summed E-state index contributed by atoms with van der Waals surface area (Å²) in [5.41, 5.74) is 0.0753. The van der Waals surface area contributed by atoms with Gasteiger partial charge < -0.3 is 19.5 Å². The van der Waals surface area contributed by atoms with Crippen molar-refractivity contribution in [3.63, 3.8) is 0 Å². The molecule has 25 heavy (non-hydrogen) atoms. The summed E-state index contributed by atoms with van der Waals surface area (Å²) in [5, 5.41) is 9.60. The van der Waals surface area contributed by atoms with E-state index in [2.05, 4.69) is 0 Å². The monoisotopic (exact) mass is 349 g/mol. The van der Waals surface area contributed by atoms with Gasteiger partial charge in [0.25, 0.3) is 0 Å². The molecule has 0 bridgehead atoms. The molecule has 6 heteroatoms. The number of carboxylic acids is 1. The second-order valence-electron chi connectivity index (χ2n) is 6.86. The lowest BCUT2D eigenvalue weighted by atomic mass is 9.76. The largest absolute Gasteiger partial charge is 0.497 e. The number of benzene rings is 1. The first-order valence-electron chi connectivity index (χ1n) is 8.56. The SMILES string of the molecule is COc1ccc(OC)c(CCC(=O)N2CCC(C(=O)O)(C(C)C)C2)c1. The Morgan fingerprint density at radius 1 is 1.28 bits per heavy atom. The molecule has 1 unspecified atom stereocenters. The van der Waals surface area contributed by atoms with Crippen molar-refractivity contribution in [3.8, 4) is 11.5 Å². The molecular formula is C19H27NO5. The molecule has 1 N–H and O–H groups in total. The summed E-state index contributed by atoms with van der Waals surface area (Å²) in [7, 11) is 3.19. The Kier molecular flexibility index (Phi) is 5.93. The number of amides is 1. The van der Waals surface area contributed by atoms with Gasteiger partial charge in [-0.25, -0.2) is 0 Å². The molecule has 0 aromatic heterocycles. The number of ether oxygens (including phenoxy) is 2. The molecule has 138 valence electrons. The van der Waals surface area contributed by atoms with Crippen LogP contribution in [0, 0.1) is 11.3 Å². The fourth-order valence-corrected chi connectivity index (χ4v) is 3.42. The van der Waals surface area contributed by atoms with Crippen LogP contribution in [-0.4, -0.2) is 49.2 Å². The highest BCUT2D eigenvalue weighted by molar-refractivity contribution is 5.81. The van der Waals surface area contributed by atoms with E-state index in [9.17, 15) is 14.7 Å². The summed E-state index contributed by atoms with van der Waals surface area (Å²) in [6.45, 7) is 4.60. The number of likely N-dealkylation sites (tertiary alicyclic amines) is 1. The predicted octanol–water partition coefficient (Wildman–Crippen LogP) is 2.60. The van der Waals surface area contributed by atoms with E-state index in [1.54, 1.807) is 19.1 Å². The van der Waals surface area contributed by atoms with Gasteiger partial charge in [0.05, 0.1) is 19.6 Å². The predicted molar refractivity (Wildman–Crippen MR) is 94.0 cm³/mol. The van der Waals surface area contributed by atoms with Gasteiger partial charge in [-0.2, -0.15) is 0 Å². The van der Waals surface area contributed by atoms with Gasteiger partial charge in [0.2, 0.25) is 5.91 Å². The van der Waals surface area contributed by atoms with Gasteiger partial charge >= 0.3 is 5.97 Å². The number of hydrogen-bond acceptors (Lipinski definition) is 4.